The first-order valence-corrected chi connectivity index (χ1v) is 7.65. The fourth-order valence-corrected chi connectivity index (χ4v) is 2.73. The van der Waals surface area contributed by atoms with Gasteiger partial charge in [-0.15, -0.1) is 11.8 Å². The summed E-state index contributed by atoms with van der Waals surface area (Å²) < 4.78 is 6.22. The average molecular weight is 354 g/mol. The Kier molecular flexibility index (Phi) is 5.48. The summed E-state index contributed by atoms with van der Waals surface area (Å²) in [6.45, 7) is 0. The van der Waals surface area contributed by atoms with Gasteiger partial charge in [-0.1, -0.05) is 12.1 Å². The highest BCUT2D eigenvalue weighted by Gasteiger charge is 2.14. The van der Waals surface area contributed by atoms with E-state index in [0.29, 0.717) is 11.2 Å². The Labute approximate surface area is 130 Å². The van der Waals surface area contributed by atoms with Crippen molar-refractivity contribution in [1.29, 1.82) is 0 Å². The van der Waals surface area contributed by atoms with Gasteiger partial charge < -0.3 is 14.8 Å². The van der Waals surface area contributed by atoms with Crippen molar-refractivity contribution in [3.63, 3.8) is 0 Å². The summed E-state index contributed by atoms with van der Waals surface area (Å²) in [7, 11) is 0.117. The second kappa shape index (κ2) is 7.13. The molecule has 2 N–H and O–H groups in total. The van der Waals surface area contributed by atoms with Crippen LogP contribution in [-0.4, -0.2) is 29.3 Å². The van der Waals surface area contributed by atoms with Crippen LogP contribution in [0.4, 0.5) is 0 Å². The van der Waals surface area contributed by atoms with Crippen LogP contribution in [0.15, 0.2) is 46.0 Å². The fraction of sp³-hybridized carbons (Fsp3) is 0.154. The molecule has 4 nitrogen and oxygen atoms in total. The molecule has 0 unspecified atom stereocenters. The van der Waals surface area contributed by atoms with Crippen LogP contribution in [-0.2, 0) is 5.75 Å². The SMILES string of the molecule is COc1ccc(B(O)O)cc1CSc1ccc(Br)cn1. The lowest BCUT2D eigenvalue weighted by Crippen LogP contribution is -2.30. The third-order valence-electron chi connectivity index (χ3n) is 2.68. The number of thioether (sulfide) groups is 1. The third-order valence-corrected chi connectivity index (χ3v) is 4.14. The van der Waals surface area contributed by atoms with Crippen LogP contribution in [0, 0.1) is 0 Å². The van der Waals surface area contributed by atoms with Crippen molar-refractivity contribution >= 4 is 40.3 Å². The lowest BCUT2D eigenvalue weighted by molar-refractivity contribution is 0.410. The summed E-state index contributed by atoms with van der Waals surface area (Å²) in [6, 6.07) is 8.96. The van der Waals surface area contributed by atoms with Crippen LogP contribution in [0.25, 0.3) is 0 Å². The number of methoxy groups -OCH3 is 1. The second-order valence-corrected chi connectivity index (χ2v) is 5.96. The minimum atomic E-state index is -1.48. The van der Waals surface area contributed by atoms with Gasteiger partial charge >= 0.3 is 7.12 Å². The summed E-state index contributed by atoms with van der Waals surface area (Å²) in [4.78, 5) is 4.28. The summed E-state index contributed by atoms with van der Waals surface area (Å²) in [6.07, 6.45) is 1.74. The van der Waals surface area contributed by atoms with Gasteiger partial charge in [-0.3, -0.25) is 0 Å². The van der Waals surface area contributed by atoms with Gasteiger partial charge in [0.25, 0.3) is 0 Å². The van der Waals surface area contributed by atoms with E-state index in [1.165, 1.54) is 0 Å². The van der Waals surface area contributed by atoms with Gasteiger partial charge in [0.2, 0.25) is 0 Å². The predicted octanol–water partition coefficient (Wildman–Crippen LogP) is 1.82. The first kappa shape index (κ1) is 15.4. The number of aromatic nitrogens is 1. The smallest absolute Gasteiger partial charge is 0.488 e. The molecule has 1 aromatic heterocycles. The minimum absolute atomic E-state index is 0.449. The number of benzene rings is 1. The maximum Gasteiger partial charge on any atom is 0.488 e. The van der Waals surface area contributed by atoms with Gasteiger partial charge in [-0.2, -0.15) is 0 Å². The third kappa shape index (κ3) is 3.99. The number of nitrogens with zero attached hydrogens (tertiary/aromatic N) is 1. The van der Waals surface area contributed by atoms with Crippen LogP contribution in [0.2, 0.25) is 0 Å². The topological polar surface area (TPSA) is 62.6 Å². The van der Waals surface area contributed by atoms with E-state index in [0.717, 1.165) is 20.8 Å². The molecule has 0 radical (unpaired) electrons. The molecule has 0 spiro atoms. The molecule has 0 bridgehead atoms. The predicted molar refractivity (Wildman–Crippen MR) is 84.3 cm³/mol. The molecule has 0 aliphatic rings. The molecule has 2 aromatic rings. The highest BCUT2D eigenvalue weighted by molar-refractivity contribution is 9.10. The quantitative estimate of drug-likeness (QED) is 0.634. The van der Waals surface area contributed by atoms with Crippen LogP contribution < -0.4 is 10.2 Å². The molecular weight excluding hydrogens is 341 g/mol. The van der Waals surface area contributed by atoms with Gasteiger partial charge in [0.1, 0.15) is 5.75 Å². The van der Waals surface area contributed by atoms with Crippen molar-refractivity contribution in [3.8, 4) is 5.75 Å². The van der Waals surface area contributed by atoms with E-state index in [1.54, 1.807) is 43.3 Å². The second-order valence-electron chi connectivity index (χ2n) is 4.05. The monoisotopic (exact) mass is 353 g/mol. The molecule has 1 heterocycles. The first-order valence-electron chi connectivity index (χ1n) is 5.87. The Hall–Kier alpha value is -1.02. The molecule has 20 heavy (non-hydrogen) atoms. The van der Waals surface area contributed by atoms with Gasteiger partial charge in [-0.25, -0.2) is 4.98 Å². The number of rotatable bonds is 5. The van der Waals surface area contributed by atoms with Gasteiger partial charge in [0.15, 0.2) is 0 Å². The molecule has 0 saturated heterocycles. The van der Waals surface area contributed by atoms with Crippen molar-refractivity contribution in [1.82, 2.24) is 4.98 Å². The number of pyridine rings is 1. The zero-order valence-electron chi connectivity index (χ0n) is 10.8. The molecule has 0 amide bonds. The van der Waals surface area contributed by atoms with E-state index in [-0.39, 0.29) is 0 Å². The number of hydrogen-bond acceptors (Lipinski definition) is 5. The molecule has 0 atom stereocenters. The molecular formula is C13H13BBrNO3S. The Balaban J connectivity index is 2.14. The largest absolute Gasteiger partial charge is 0.496 e. The summed E-state index contributed by atoms with van der Waals surface area (Å²) >= 11 is 4.90. The van der Waals surface area contributed by atoms with E-state index in [2.05, 4.69) is 20.9 Å². The maximum atomic E-state index is 9.22. The number of halogens is 1. The minimum Gasteiger partial charge on any atom is -0.496 e. The standard InChI is InChI=1S/C13H13BBrNO3S/c1-19-12-4-2-10(14(17)18)6-9(12)8-20-13-5-3-11(15)7-16-13/h2-7,17-18H,8H2,1H3. The van der Waals surface area contributed by atoms with Crippen LogP contribution >= 0.6 is 27.7 Å². The van der Waals surface area contributed by atoms with Crippen LogP contribution in [0.3, 0.4) is 0 Å². The molecule has 1 aromatic carbocycles. The van der Waals surface area contributed by atoms with Crippen molar-refractivity contribution < 1.29 is 14.8 Å². The highest BCUT2D eigenvalue weighted by Crippen LogP contribution is 2.26. The molecule has 0 aliphatic carbocycles. The fourth-order valence-electron chi connectivity index (χ4n) is 1.67. The van der Waals surface area contributed by atoms with Crippen molar-refractivity contribution in [2.24, 2.45) is 0 Å². The zero-order chi connectivity index (χ0) is 14.5. The molecule has 7 heteroatoms. The van der Waals surface area contributed by atoms with Crippen molar-refractivity contribution in [3.05, 3.63) is 46.6 Å². The van der Waals surface area contributed by atoms with Crippen molar-refractivity contribution in [2.75, 3.05) is 7.11 Å². The van der Waals surface area contributed by atoms with E-state index < -0.39 is 7.12 Å². The van der Waals surface area contributed by atoms with Gasteiger partial charge in [-0.05, 0) is 39.6 Å². The Bertz CT molecular complexity index is 580. The van der Waals surface area contributed by atoms with Crippen molar-refractivity contribution in [2.45, 2.75) is 10.8 Å². The van der Waals surface area contributed by atoms with E-state index in [1.807, 2.05) is 12.1 Å². The van der Waals surface area contributed by atoms with Gasteiger partial charge in [0.05, 0.1) is 12.1 Å². The number of hydrogen-bond donors (Lipinski definition) is 2. The zero-order valence-corrected chi connectivity index (χ0v) is 13.2. The highest BCUT2D eigenvalue weighted by atomic mass is 79.9. The Morgan fingerprint density at radius 1 is 1.30 bits per heavy atom. The molecule has 0 saturated carbocycles. The lowest BCUT2D eigenvalue weighted by atomic mass is 9.79. The molecule has 104 valence electrons. The molecule has 2 rings (SSSR count). The summed E-state index contributed by atoms with van der Waals surface area (Å²) in [5.74, 6) is 1.36. The van der Waals surface area contributed by atoms with E-state index in [4.69, 9.17) is 4.74 Å². The molecule has 0 aliphatic heterocycles. The Morgan fingerprint density at radius 2 is 2.10 bits per heavy atom. The number of ether oxygens (including phenoxy) is 1. The van der Waals surface area contributed by atoms with Crippen LogP contribution in [0.1, 0.15) is 5.56 Å². The van der Waals surface area contributed by atoms with Gasteiger partial charge in [0, 0.05) is 22.0 Å². The summed E-state index contributed by atoms with van der Waals surface area (Å²) in [5, 5.41) is 19.3. The lowest BCUT2D eigenvalue weighted by Gasteiger charge is -2.10. The average Bonchev–Trinajstić information content (AvgIpc) is 2.46. The Morgan fingerprint density at radius 3 is 2.70 bits per heavy atom. The van der Waals surface area contributed by atoms with E-state index in [9.17, 15) is 10.0 Å². The molecule has 0 fully saturated rings. The normalized spacial score (nSPS) is 10.4. The first-order chi connectivity index (χ1) is 9.60. The van der Waals surface area contributed by atoms with E-state index >= 15 is 0 Å². The maximum absolute atomic E-state index is 9.22. The summed E-state index contributed by atoms with van der Waals surface area (Å²) in [5.41, 5.74) is 1.35. The van der Waals surface area contributed by atoms with Crippen LogP contribution in [0.5, 0.6) is 5.75 Å².